The summed E-state index contributed by atoms with van der Waals surface area (Å²) < 4.78 is 0. The molecule has 0 bridgehead atoms. The van der Waals surface area contributed by atoms with Gasteiger partial charge in [-0.05, 0) is 37.1 Å². The molecule has 6 nitrogen and oxygen atoms in total. The predicted molar refractivity (Wildman–Crippen MR) is 91.9 cm³/mol. The molecule has 0 saturated carbocycles. The summed E-state index contributed by atoms with van der Waals surface area (Å²) in [5.41, 5.74) is 1.61. The standard InChI is InChI=1S/C18H21N3O3/c1-3-12(2)21-18(24)14-6-4-13(5-7-14)10-20-17(23)15-8-9-16(22)19-11-15/h4-9,11-12H,3,10H2,1-2H3,(H,19,22)(H,20,23)(H,21,24)/t12-/m1/s1. The molecule has 0 spiro atoms. The first-order valence-corrected chi connectivity index (χ1v) is 7.86. The van der Waals surface area contributed by atoms with Gasteiger partial charge < -0.3 is 15.6 Å². The molecule has 1 aromatic heterocycles. The van der Waals surface area contributed by atoms with Crippen LogP contribution in [-0.2, 0) is 6.54 Å². The Bertz CT molecular complexity index is 745. The Balaban J connectivity index is 1.92. The third-order valence-corrected chi connectivity index (χ3v) is 3.71. The topological polar surface area (TPSA) is 91.1 Å². The normalized spacial score (nSPS) is 11.6. The molecule has 0 aliphatic rings. The summed E-state index contributed by atoms with van der Waals surface area (Å²) in [6.07, 6.45) is 2.25. The SMILES string of the molecule is CC[C@@H](C)NC(=O)c1ccc(CNC(=O)c2ccc(=O)[nH]c2)cc1. The van der Waals surface area contributed by atoms with Crippen molar-refractivity contribution in [2.45, 2.75) is 32.9 Å². The van der Waals surface area contributed by atoms with Gasteiger partial charge in [-0.25, -0.2) is 0 Å². The van der Waals surface area contributed by atoms with Gasteiger partial charge in [-0.1, -0.05) is 19.1 Å². The molecule has 126 valence electrons. The Hall–Kier alpha value is -2.89. The first-order valence-electron chi connectivity index (χ1n) is 7.86. The molecule has 0 unspecified atom stereocenters. The van der Waals surface area contributed by atoms with E-state index in [0.29, 0.717) is 17.7 Å². The fraction of sp³-hybridized carbons (Fsp3) is 0.278. The molecule has 24 heavy (non-hydrogen) atoms. The number of aromatic amines is 1. The average Bonchev–Trinajstić information content (AvgIpc) is 2.60. The van der Waals surface area contributed by atoms with Crippen LogP contribution in [0, 0.1) is 0 Å². The number of carbonyl (C=O) groups is 2. The third kappa shape index (κ3) is 4.81. The molecular weight excluding hydrogens is 306 g/mol. The minimum Gasteiger partial charge on any atom is -0.350 e. The molecule has 0 aliphatic heterocycles. The number of benzene rings is 1. The second-order valence-electron chi connectivity index (χ2n) is 5.60. The van der Waals surface area contributed by atoms with Crippen molar-refractivity contribution in [3.8, 4) is 0 Å². The second-order valence-corrected chi connectivity index (χ2v) is 5.60. The number of carbonyl (C=O) groups excluding carboxylic acids is 2. The monoisotopic (exact) mass is 327 g/mol. The second kappa shape index (κ2) is 8.10. The summed E-state index contributed by atoms with van der Waals surface area (Å²) in [7, 11) is 0. The van der Waals surface area contributed by atoms with Crippen molar-refractivity contribution in [1.29, 1.82) is 0 Å². The van der Waals surface area contributed by atoms with E-state index in [1.807, 2.05) is 13.8 Å². The Kier molecular flexibility index (Phi) is 5.89. The highest BCUT2D eigenvalue weighted by Crippen LogP contribution is 2.06. The van der Waals surface area contributed by atoms with Crippen LogP contribution in [0.2, 0.25) is 0 Å². The van der Waals surface area contributed by atoms with Gasteiger partial charge in [0.2, 0.25) is 5.56 Å². The van der Waals surface area contributed by atoms with Gasteiger partial charge in [-0.2, -0.15) is 0 Å². The summed E-state index contributed by atoms with van der Waals surface area (Å²) in [6, 6.07) is 9.99. The first-order chi connectivity index (χ1) is 11.5. The Morgan fingerprint density at radius 3 is 2.29 bits per heavy atom. The minimum absolute atomic E-state index is 0.104. The van der Waals surface area contributed by atoms with E-state index in [9.17, 15) is 14.4 Å². The van der Waals surface area contributed by atoms with E-state index in [0.717, 1.165) is 12.0 Å². The van der Waals surface area contributed by atoms with Crippen LogP contribution in [0.25, 0.3) is 0 Å². The van der Waals surface area contributed by atoms with Gasteiger partial charge in [0, 0.05) is 30.4 Å². The van der Waals surface area contributed by atoms with Gasteiger partial charge >= 0.3 is 0 Å². The van der Waals surface area contributed by atoms with Gasteiger partial charge in [-0.15, -0.1) is 0 Å². The van der Waals surface area contributed by atoms with Crippen LogP contribution in [0.5, 0.6) is 0 Å². The molecule has 2 aromatic rings. The van der Waals surface area contributed by atoms with Crippen molar-refractivity contribution in [2.75, 3.05) is 0 Å². The maximum absolute atomic E-state index is 12.0. The zero-order valence-corrected chi connectivity index (χ0v) is 13.8. The smallest absolute Gasteiger partial charge is 0.253 e. The number of hydrogen-bond acceptors (Lipinski definition) is 3. The van der Waals surface area contributed by atoms with E-state index in [1.54, 1.807) is 24.3 Å². The fourth-order valence-corrected chi connectivity index (χ4v) is 2.02. The van der Waals surface area contributed by atoms with Gasteiger partial charge in [0.1, 0.15) is 0 Å². The molecule has 3 N–H and O–H groups in total. The van der Waals surface area contributed by atoms with Gasteiger partial charge in [0.05, 0.1) is 5.56 Å². The molecule has 0 aliphatic carbocycles. The van der Waals surface area contributed by atoms with Crippen LogP contribution >= 0.6 is 0 Å². The van der Waals surface area contributed by atoms with E-state index in [1.165, 1.54) is 18.3 Å². The Morgan fingerprint density at radius 2 is 1.71 bits per heavy atom. The van der Waals surface area contributed by atoms with E-state index in [-0.39, 0.29) is 23.4 Å². The molecule has 1 aromatic carbocycles. The van der Waals surface area contributed by atoms with Crippen LogP contribution in [0.4, 0.5) is 0 Å². The van der Waals surface area contributed by atoms with Crippen molar-refractivity contribution in [3.05, 3.63) is 69.6 Å². The number of amides is 2. The lowest BCUT2D eigenvalue weighted by atomic mass is 10.1. The Morgan fingerprint density at radius 1 is 1.04 bits per heavy atom. The van der Waals surface area contributed by atoms with Gasteiger partial charge in [0.15, 0.2) is 0 Å². The molecule has 2 rings (SSSR count). The first kappa shape index (κ1) is 17.5. The van der Waals surface area contributed by atoms with Crippen LogP contribution in [-0.4, -0.2) is 22.8 Å². The molecule has 2 amide bonds. The fourth-order valence-electron chi connectivity index (χ4n) is 2.02. The summed E-state index contributed by atoms with van der Waals surface area (Å²) in [6.45, 7) is 4.31. The highest BCUT2D eigenvalue weighted by Gasteiger charge is 2.09. The maximum atomic E-state index is 12.0. The molecule has 0 saturated heterocycles. The largest absolute Gasteiger partial charge is 0.350 e. The summed E-state index contributed by atoms with van der Waals surface area (Å²) in [5, 5.41) is 5.67. The minimum atomic E-state index is -0.273. The van der Waals surface area contributed by atoms with Crippen LogP contribution in [0.15, 0.2) is 47.4 Å². The van der Waals surface area contributed by atoms with Crippen molar-refractivity contribution in [3.63, 3.8) is 0 Å². The lowest BCUT2D eigenvalue weighted by Gasteiger charge is -2.11. The summed E-state index contributed by atoms with van der Waals surface area (Å²) in [4.78, 5) is 37.4. The zero-order chi connectivity index (χ0) is 17.5. The average molecular weight is 327 g/mol. The molecule has 0 radical (unpaired) electrons. The highest BCUT2D eigenvalue weighted by atomic mass is 16.2. The van der Waals surface area contributed by atoms with Crippen molar-refractivity contribution >= 4 is 11.8 Å². The molecular formula is C18H21N3O3. The number of rotatable bonds is 6. The number of nitrogens with one attached hydrogen (secondary N) is 3. The van der Waals surface area contributed by atoms with Gasteiger partial charge in [0.25, 0.3) is 11.8 Å². The van der Waals surface area contributed by atoms with Crippen LogP contribution in [0.1, 0.15) is 46.5 Å². The van der Waals surface area contributed by atoms with E-state index < -0.39 is 0 Å². The van der Waals surface area contributed by atoms with Crippen LogP contribution in [0.3, 0.4) is 0 Å². The number of hydrogen-bond donors (Lipinski definition) is 3. The Labute approximate surface area is 140 Å². The molecule has 1 atom stereocenters. The zero-order valence-electron chi connectivity index (χ0n) is 13.8. The summed E-state index contributed by atoms with van der Waals surface area (Å²) >= 11 is 0. The maximum Gasteiger partial charge on any atom is 0.253 e. The summed E-state index contributed by atoms with van der Waals surface area (Å²) in [5.74, 6) is -0.377. The molecule has 1 heterocycles. The van der Waals surface area contributed by atoms with Gasteiger partial charge in [-0.3, -0.25) is 14.4 Å². The third-order valence-electron chi connectivity index (χ3n) is 3.71. The van der Waals surface area contributed by atoms with Crippen molar-refractivity contribution in [2.24, 2.45) is 0 Å². The lowest BCUT2D eigenvalue weighted by molar-refractivity contribution is 0.0934. The molecule has 6 heteroatoms. The van der Waals surface area contributed by atoms with Crippen molar-refractivity contribution in [1.82, 2.24) is 15.6 Å². The number of H-pyrrole nitrogens is 1. The predicted octanol–water partition coefficient (Wildman–Crippen LogP) is 1.83. The lowest BCUT2D eigenvalue weighted by Crippen LogP contribution is -2.31. The van der Waals surface area contributed by atoms with E-state index in [4.69, 9.17) is 0 Å². The number of aromatic nitrogens is 1. The number of pyridine rings is 1. The van der Waals surface area contributed by atoms with Crippen molar-refractivity contribution < 1.29 is 9.59 Å². The molecule has 0 fully saturated rings. The quantitative estimate of drug-likeness (QED) is 0.756. The highest BCUT2D eigenvalue weighted by molar-refractivity contribution is 5.94. The van der Waals surface area contributed by atoms with Crippen LogP contribution < -0.4 is 16.2 Å². The van der Waals surface area contributed by atoms with E-state index in [2.05, 4.69) is 15.6 Å². The van der Waals surface area contributed by atoms with E-state index >= 15 is 0 Å².